The van der Waals surface area contributed by atoms with Gasteiger partial charge in [0.25, 0.3) is 0 Å². The number of nitrogens with one attached hydrogen (secondary N) is 2. The first-order chi connectivity index (χ1) is 7.77. The fraction of sp³-hybridized carbons (Fsp3) is 0.750. The summed E-state index contributed by atoms with van der Waals surface area (Å²) in [5.41, 5.74) is 0. The average Bonchev–Trinajstić information content (AvgIpc) is 3.09. The van der Waals surface area contributed by atoms with E-state index in [1.165, 1.54) is 12.8 Å². The van der Waals surface area contributed by atoms with E-state index in [4.69, 9.17) is 11.2 Å². The van der Waals surface area contributed by atoms with Crippen LogP contribution in [-0.4, -0.2) is 38.8 Å². The Morgan fingerprint density at radius 1 is 1.62 bits per heavy atom. The molecule has 90 valence electrons. The van der Waals surface area contributed by atoms with Crippen LogP contribution in [0.3, 0.4) is 0 Å². The largest absolute Gasteiger partial charge is 0.383 e. The minimum atomic E-state index is -0.00239. The van der Waals surface area contributed by atoms with Gasteiger partial charge in [0.2, 0.25) is 5.91 Å². The lowest BCUT2D eigenvalue weighted by Crippen LogP contribution is -2.37. The number of rotatable bonds is 8. The molecule has 0 aliphatic heterocycles. The highest BCUT2D eigenvalue weighted by atomic mass is 16.5. The minimum Gasteiger partial charge on any atom is -0.383 e. The first kappa shape index (κ1) is 13.0. The third kappa shape index (κ3) is 5.15. The van der Waals surface area contributed by atoms with Gasteiger partial charge in [-0.25, -0.2) is 0 Å². The zero-order chi connectivity index (χ0) is 11.8. The Morgan fingerprint density at radius 3 is 2.94 bits per heavy atom. The average molecular weight is 224 g/mol. The molecule has 4 heteroatoms. The second kappa shape index (κ2) is 7.26. The summed E-state index contributed by atoms with van der Waals surface area (Å²) >= 11 is 0. The van der Waals surface area contributed by atoms with Crippen LogP contribution in [-0.2, 0) is 9.53 Å². The van der Waals surface area contributed by atoms with Crippen LogP contribution in [0.15, 0.2) is 0 Å². The van der Waals surface area contributed by atoms with Gasteiger partial charge < -0.3 is 15.4 Å². The van der Waals surface area contributed by atoms with Gasteiger partial charge in [0.05, 0.1) is 13.2 Å². The minimum absolute atomic E-state index is 0.00239. The molecule has 1 saturated carbocycles. The quantitative estimate of drug-likeness (QED) is 0.577. The van der Waals surface area contributed by atoms with Crippen LogP contribution < -0.4 is 10.6 Å². The molecule has 1 fully saturated rings. The monoisotopic (exact) mass is 224 g/mol. The van der Waals surface area contributed by atoms with Crippen molar-refractivity contribution in [3.63, 3.8) is 0 Å². The van der Waals surface area contributed by atoms with E-state index in [0.29, 0.717) is 25.6 Å². The fourth-order valence-corrected chi connectivity index (χ4v) is 1.65. The Labute approximate surface area is 97.1 Å². The molecule has 0 radical (unpaired) electrons. The third-order valence-corrected chi connectivity index (χ3v) is 2.68. The highest BCUT2D eigenvalue weighted by Crippen LogP contribution is 2.32. The van der Waals surface area contributed by atoms with E-state index in [2.05, 4.69) is 16.6 Å². The SMILES string of the molecule is C#CCNC(=O)CCNC(COC)C1CC1. The molecule has 4 nitrogen and oxygen atoms in total. The van der Waals surface area contributed by atoms with Crippen LogP contribution in [0.1, 0.15) is 19.3 Å². The first-order valence-corrected chi connectivity index (χ1v) is 5.70. The predicted molar refractivity (Wildman–Crippen MR) is 62.9 cm³/mol. The molecule has 0 aromatic rings. The van der Waals surface area contributed by atoms with E-state index in [0.717, 1.165) is 12.5 Å². The normalized spacial score (nSPS) is 16.5. The van der Waals surface area contributed by atoms with Crippen LogP contribution in [0.4, 0.5) is 0 Å². The summed E-state index contributed by atoms with van der Waals surface area (Å²) in [6.07, 6.45) is 8.05. The van der Waals surface area contributed by atoms with Gasteiger partial charge in [-0.3, -0.25) is 4.79 Å². The van der Waals surface area contributed by atoms with Gasteiger partial charge in [0.1, 0.15) is 0 Å². The topological polar surface area (TPSA) is 50.4 Å². The van der Waals surface area contributed by atoms with Gasteiger partial charge in [-0.05, 0) is 18.8 Å². The summed E-state index contributed by atoms with van der Waals surface area (Å²) in [6.45, 7) is 1.71. The number of carbonyl (C=O) groups excluding carboxylic acids is 1. The lowest BCUT2D eigenvalue weighted by Gasteiger charge is -2.16. The number of amides is 1. The van der Waals surface area contributed by atoms with Gasteiger partial charge in [0, 0.05) is 26.1 Å². The highest BCUT2D eigenvalue weighted by molar-refractivity contribution is 5.76. The van der Waals surface area contributed by atoms with Crippen LogP contribution in [0.25, 0.3) is 0 Å². The second-order valence-corrected chi connectivity index (χ2v) is 4.08. The molecule has 0 spiro atoms. The summed E-state index contributed by atoms with van der Waals surface area (Å²) in [4.78, 5) is 11.2. The zero-order valence-electron chi connectivity index (χ0n) is 9.79. The maximum absolute atomic E-state index is 11.2. The molecule has 16 heavy (non-hydrogen) atoms. The highest BCUT2D eigenvalue weighted by Gasteiger charge is 2.30. The maximum Gasteiger partial charge on any atom is 0.222 e. The second-order valence-electron chi connectivity index (χ2n) is 4.08. The molecule has 0 bridgehead atoms. The van der Waals surface area contributed by atoms with Gasteiger partial charge in [-0.15, -0.1) is 6.42 Å². The van der Waals surface area contributed by atoms with E-state index in [-0.39, 0.29) is 5.91 Å². The van der Waals surface area contributed by atoms with Gasteiger partial charge in [-0.2, -0.15) is 0 Å². The molecule has 1 amide bonds. The smallest absolute Gasteiger partial charge is 0.222 e. The number of methoxy groups -OCH3 is 1. The number of terminal acetylenes is 1. The predicted octanol–water partition coefficient (Wildman–Crippen LogP) is 0.141. The molecule has 0 heterocycles. The molecule has 1 aliphatic rings. The lowest BCUT2D eigenvalue weighted by atomic mass is 10.2. The molecular weight excluding hydrogens is 204 g/mol. The Balaban J connectivity index is 2.08. The number of carbonyl (C=O) groups is 1. The molecule has 0 aromatic heterocycles. The maximum atomic E-state index is 11.2. The van der Waals surface area contributed by atoms with Crippen molar-refractivity contribution in [1.29, 1.82) is 0 Å². The van der Waals surface area contributed by atoms with Crippen LogP contribution >= 0.6 is 0 Å². The molecule has 0 saturated heterocycles. The van der Waals surface area contributed by atoms with Crippen molar-refractivity contribution in [3.8, 4) is 12.3 Å². The summed E-state index contributed by atoms with van der Waals surface area (Å²) in [5, 5.41) is 5.99. The Bertz CT molecular complexity index is 256. The summed E-state index contributed by atoms with van der Waals surface area (Å²) in [5.74, 6) is 3.10. The fourth-order valence-electron chi connectivity index (χ4n) is 1.65. The van der Waals surface area contributed by atoms with Crippen molar-refractivity contribution >= 4 is 5.91 Å². The van der Waals surface area contributed by atoms with E-state index in [1.54, 1.807) is 7.11 Å². The molecule has 1 aliphatic carbocycles. The van der Waals surface area contributed by atoms with Crippen molar-refractivity contribution in [1.82, 2.24) is 10.6 Å². The van der Waals surface area contributed by atoms with Crippen LogP contribution in [0.5, 0.6) is 0 Å². The molecule has 1 rings (SSSR count). The van der Waals surface area contributed by atoms with Crippen molar-refractivity contribution in [2.45, 2.75) is 25.3 Å². The Kier molecular flexibility index (Phi) is 5.91. The number of ether oxygens (including phenoxy) is 1. The molecule has 2 N–H and O–H groups in total. The van der Waals surface area contributed by atoms with E-state index >= 15 is 0 Å². The molecular formula is C12H20N2O2. The Morgan fingerprint density at radius 2 is 2.38 bits per heavy atom. The van der Waals surface area contributed by atoms with E-state index in [9.17, 15) is 4.79 Å². The van der Waals surface area contributed by atoms with Crippen molar-refractivity contribution in [2.75, 3.05) is 26.8 Å². The van der Waals surface area contributed by atoms with Gasteiger partial charge in [-0.1, -0.05) is 5.92 Å². The van der Waals surface area contributed by atoms with Crippen LogP contribution in [0, 0.1) is 18.3 Å². The number of hydrogen-bond acceptors (Lipinski definition) is 3. The summed E-state index contributed by atoms with van der Waals surface area (Å²) in [7, 11) is 1.71. The van der Waals surface area contributed by atoms with Crippen molar-refractivity contribution < 1.29 is 9.53 Å². The lowest BCUT2D eigenvalue weighted by molar-refractivity contribution is -0.120. The van der Waals surface area contributed by atoms with E-state index < -0.39 is 0 Å². The molecule has 1 unspecified atom stereocenters. The van der Waals surface area contributed by atoms with Gasteiger partial charge >= 0.3 is 0 Å². The van der Waals surface area contributed by atoms with E-state index in [1.807, 2.05) is 0 Å². The zero-order valence-corrected chi connectivity index (χ0v) is 9.79. The third-order valence-electron chi connectivity index (χ3n) is 2.68. The number of hydrogen-bond donors (Lipinski definition) is 2. The summed E-state index contributed by atoms with van der Waals surface area (Å²) in [6, 6.07) is 0.394. The summed E-state index contributed by atoms with van der Waals surface area (Å²) < 4.78 is 5.14. The molecule has 1 atom stereocenters. The molecule has 0 aromatic carbocycles. The van der Waals surface area contributed by atoms with Gasteiger partial charge in [0.15, 0.2) is 0 Å². The van der Waals surface area contributed by atoms with Crippen LogP contribution in [0.2, 0.25) is 0 Å². The standard InChI is InChI=1S/C12H20N2O2/c1-3-7-14-12(15)6-8-13-11(9-16-2)10-4-5-10/h1,10-11,13H,4-9H2,2H3,(H,14,15). The Hall–Kier alpha value is -1.05. The van der Waals surface area contributed by atoms with Crippen molar-refractivity contribution in [3.05, 3.63) is 0 Å². The first-order valence-electron chi connectivity index (χ1n) is 5.70. The van der Waals surface area contributed by atoms with Crippen molar-refractivity contribution in [2.24, 2.45) is 5.92 Å².